The highest BCUT2D eigenvalue weighted by molar-refractivity contribution is 7.98. The number of carbonyl (C=O) groups is 1. The molecule has 2 N–H and O–H groups in total. The van der Waals surface area contributed by atoms with Crippen molar-refractivity contribution in [1.29, 1.82) is 0 Å². The number of aryl methyl sites for hydroxylation is 2. The van der Waals surface area contributed by atoms with Gasteiger partial charge in [-0.05, 0) is 85.3 Å². The van der Waals surface area contributed by atoms with E-state index in [1.165, 1.54) is 23.4 Å². The molecule has 1 aliphatic heterocycles. The summed E-state index contributed by atoms with van der Waals surface area (Å²) in [7, 11) is 0. The Morgan fingerprint density at radius 3 is 2.38 bits per heavy atom. The summed E-state index contributed by atoms with van der Waals surface area (Å²) in [5.74, 6) is 1.10. The third-order valence-corrected chi connectivity index (χ3v) is 8.98. The van der Waals surface area contributed by atoms with Crippen molar-refractivity contribution >= 4 is 29.3 Å². The predicted octanol–water partition coefficient (Wildman–Crippen LogP) is 8.14. The number of halogens is 1. The molecule has 4 aromatic carbocycles. The van der Waals surface area contributed by atoms with Gasteiger partial charge in [0.2, 0.25) is 11.1 Å². The highest BCUT2D eigenvalue weighted by Crippen LogP contribution is 2.38. The van der Waals surface area contributed by atoms with Crippen LogP contribution in [0.2, 0.25) is 0 Å². The molecule has 9 heteroatoms. The summed E-state index contributed by atoms with van der Waals surface area (Å²) in [6.45, 7) is 8.40. The predicted molar refractivity (Wildman–Crippen MR) is 177 cm³/mol. The second-order valence-electron chi connectivity index (χ2n) is 11.1. The minimum absolute atomic E-state index is 0.236. The molecule has 1 amide bonds. The van der Waals surface area contributed by atoms with Crippen LogP contribution in [0.1, 0.15) is 46.3 Å². The van der Waals surface area contributed by atoms with Gasteiger partial charge in [-0.2, -0.15) is 4.98 Å². The first-order valence-electron chi connectivity index (χ1n) is 14.7. The Balaban J connectivity index is 1.31. The highest BCUT2D eigenvalue weighted by Gasteiger charge is 2.34. The van der Waals surface area contributed by atoms with Crippen LogP contribution >= 0.6 is 11.8 Å². The Hall–Kier alpha value is -4.89. The number of nitrogens with zero attached hydrogens (tertiary/aromatic N) is 3. The maximum atomic E-state index is 14.3. The maximum absolute atomic E-state index is 14.3. The zero-order valence-corrected chi connectivity index (χ0v) is 26.4. The molecule has 0 saturated carbocycles. The molecule has 0 fully saturated rings. The zero-order valence-electron chi connectivity index (χ0n) is 25.6. The molecule has 0 radical (unpaired) electrons. The Morgan fingerprint density at radius 1 is 0.911 bits per heavy atom. The lowest BCUT2D eigenvalue weighted by molar-refractivity contribution is -0.113. The molecule has 0 bridgehead atoms. The van der Waals surface area contributed by atoms with E-state index < -0.39 is 6.04 Å². The molecule has 0 aliphatic carbocycles. The number of fused-ring (bicyclic) bond motifs is 1. The van der Waals surface area contributed by atoms with Gasteiger partial charge in [0.15, 0.2) is 0 Å². The molecule has 0 spiro atoms. The molecule has 1 aliphatic rings. The Bertz CT molecular complexity index is 1900. The fourth-order valence-electron chi connectivity index (χ4n) is 5.31. The topological polar surface area (TPSA) is 81.1 Å². The summed E-state index contributed by atoms with van der Waals surface area (Å²) >= 11 is 1.34. The van der Waals surface area contributed by atoms with Crippen LogP contribution < -0.4 is 15.4 Å². The van der Waals surface area contributed by atoms with Crippen LogP contribution in [0.4, 0.5) is 16.0 Å². The normalized spacial score (nSPS) is 14.1. The fraction of sp³-hybridized carbons (Fsp3) is 0.194. The molecule has 0 saturated heterocycles. The van der Waals surface area contributed by atoms with Crippen molar-refractivity contribution < 1.29 is 13.9 Å². The van der Waals surface area contributed by atoms with Crippen molar-refractivity contribution in [3.63, 3.8) is 0 Å². The molecule has 1 unspecified atom stereocenters. The van der Waals surface area contributed by atoms with E-state index in [9.17, 15) is 9.18 Å². The van der Waals surface area contributed by atoms with Crippen molar-refractivity contribution in [3.8, 4) is 5.75 Å². The average molecular weight is 620 g/mol. The quantitative estimate of drug-likeness (QED) is 0.162. The minimum Gasteiger partial charge on any atom is -0.489 e. The Labute approximate surface area is 266 Å². The van der Waals surface area contributed by atoms with Crippen LogP contribution in [0.5, 0.6) is 5.75 Å². The van der Waals surface area contributed by atoms with E-state index in [-0.39, 0.29) is 11.7 Å². The van der Waals surface area contributed by atoms with Gasteiger partial charge in [-0.1, -0.05) is 78.5 Å². The highest BCUT2D eigenvalue weighted by atomic mass is 32.2. The van der Waals surface area contributed by atoms with Gasteiger partial charge in [0.1, 0.15) is 24.2 Å². The van der Waals surface area contributed by atoms with E-state index in [0.717, 1.165) is 33.7 Å². The number of nitrogens with one attached hydrogen (secondary N) is 2. The summed E-state index contributed by atoms with van der Waals surface area (Å²) in [5, 5.41) is 11.7. The molecular formula is C36H34FN5O2S. The number of allylic oxidation sites excluding steroid dienone is 1. The van der Waals surface area contributed by atoms with Gasteiger partial charge in [0, 0.05) is 17.1 Å². The molecule has 6 rings (SSSR count). The van der Waals surface area contributed by atoms with E-state index in [1.807, 2.05) is 81.4 Å². The standard InChI is InChI=1S/C36H34FN5O2S/c1-22-11-9-15-31(24(22)3)39-34(43)32-25(4)38-35-40-36(45-21-28-13-7-8-14-30(28)37)41-42(35)33(32)26-16-18-29(19-17-26)44-20-27-12-6-5-10-23(27)2/h5-19,33H,20-21H2,1-4H3,(H,39,43)(H,38,40,41). The Morgan fingerprint density at radius 2 is 1.62 bits per heavy atom. The molecule has 2 heterocycles. The third-order valence-electron chi connectivity index (χ3n) is 8.10. The number of anilines is 2. The van der Waals surface area contributed by atoms with Gasteiger partial charge in [-0.3, -0.25) is 4.79 Å². The molecule has 5 aromatic rings. The second-order valence-corrected chi connectivity index (χ2v) is 12.0. The molecule has 7 nitrogen and oxygen atoms in total. The van der Waals surface area contributed by atoms with Crippen molar-refractivity contribution in [1.82, 2.24) is 14.8 Å². The number of aromatic nitrogens is 3. The van der Waals surface area contributed by atoms with E-state index in [0.29, 0.717) is 40.3 Å². The second kappa shape index (κ2) is 13.0. The molecule has 1 aromatic heterocycles. The van der Waals surface area contributed by atoms with Crippen molar-refractivity contribution in [2.75, 3.05) is 10.6 Å². The monoisotopic (exact) mass is 619 g/mol. The van der Waals surface area contributed by atoms with Gasteiger partial charge >= 0.3 is 0 Å². The van der Waals surface area contributed by atoms with Crippen molar-refractivity contribution in [3.05, 3.63) is 141 Å². The summed E-state index contributed by atoms with van der Waals surface area (Å²) < 4.78 is 22.1. The van der Waals surface area contributed by atoms with Crippen LogP contribution in [0.3, 0.4) is 0 Å². The number of amides is 1. The third kappa shape index (κ3) is 6.49. The molecule has 1 atom stereocenters. The van der Waals surface area contributed by atoms with E-state index in [4.69, 9.17) is 14.8 Å². The number of carbonyl (C=O) groups excluding carboxylic acids is 1. The molecule has 228 valence electrons. The van der Waals surface area contributed by atoms with E-state index in [2.05, 4.69) is 29.7 Å². The van der Waals surface area contributed by atoms with Crippen LogP contribution in [0.15, 0.2) is 107 Å². The smallest absolute Gasteiger partial charge is 0.255 e. The number of hydrogen-bond acceptors (Lipinski definition) is 6. The van der Waals surface area contributed by atoms with Gasteiger partial charge < -0.3 is 15.4 Å². The molecule has 45 heavy (non-hydrogen) atoms. The van der Waals surface area contributed by atoms with E-state index in [1.54, 1.807) is 16.8 Å². The fourth-order valence-corrected chi connectivity index (χ4v) is 6.12. The van der Waals surface area contributed by atoms with Crippen LogP contribution in [-0.2, 0) is 17.2 Å². The van der Waals surface area contributed by atoms with Crippen LogP contribution in [-0.4, -0.2) is 20.7 Å². The SMILES string of the molecule is CC1=C(C(=O)Nc2cccc(C)c2C)C(c2ccc(OCc3ccccc3C)cc2)n2nc(SCc3ccccc3F)nc2N1. The molecular weight excluding hydrogens is 585 g/mol. The maximum Gasteiger partial charge on any atom is 0.255 e. The average Bonchev–Trinajstić information content (AvgIpc) is 3.44. The van der Waals surface area contributed by atoms with Crippen LogP contribution in [0, 0.1) is 26.6 Å². The van der Waals surface area contributed by atoms with Crippen LogP contribution in [0.25, 0.3) is 0 Å². The minimum atomic E-state index is -0.563. The first-order valence-corrected chi connectivity index (χ1v) is 15.7. The lowest BCUT2D eigenvalue weighted by Crippen LogP contribution is -2.31. The van der Waals surface area contributed by atoms with Gasteiger partial charge in [0.25, 0.3) is 5.91 Å². The summed E-state index contributed by atoms with van der Waals surface area (Å²) in [4.78, 5) is 18.7. The number of rotatable bonds is 9. The number of benzene rings is 4. The summed E-state index contributed by atoms with van der Waals surface area (Å²) in [5.41, 5.74) is 7.76. The largest absolute Gasteiger partial charge is 0.489 e. The number of thioether (sulfide) groups is 1. The lowest BCUT2D eigenvalue weighted by atomic mass is 9.94. The van der Waals surface area contributed by atoms with Gasteiger partial charge in [0.05, 0.1) is 5.57 Å². The first-order chi connectivity index (χ1) is 21.8. The zero-order chi connectivity index (χ0) is 31.5. The van der Waals surface area contributed by atoms with Crippen molar-refractivity contribution in [2.24, 2.45) is 0 Å². The Kier molecular flexibility index (Phi) is 8.71. The van der Waals surface area contributed by atoms with Gasteiger partial charge in [-0.25, -0.2) is 9.07 Å². The van der Waals surface area contributed by atoms with Gasteiger partial charge in [-0.15, -0.1) is 5.10 Å². The lowest BCUT2D eigenvalue weighted by Gasteiger charge is -2.29. The number of ether oxygens (including phenoxy) is 1. The number of hydrogen-bond donors (Lipinski definition) is 2. The van der Waals surface area contributed by atoms with E-state index >= 15 is 0 Å². The summed E-state index contributed by atoms with van der Waals surface area (Å²) in [6, 6.07) is 27.8. The first kappa shape index (κ1) is 30.1. The van der Waals surface area contributed by atoms with Crippen molar-refractivity contribution in [2.45, 2.75) is 51.3 Å². The summed E-state index contributed by atoms with van der Waals surface area (Å²) in [6.07, 6.45) is 0.